The fourth-order valence-corrected chi connectivity index (χ4v) is 4.19. The van der Waals surface area contributed by atoms with Crippen molar-refractivity contribution in [1.82, 2.24) is 0 Å². The van der Waals surface area contributed by atoms with E-state index in [0.29, 0.717) is 0 Å². The van der Waals surface area contributed by atoms with E-state index in [9.17, 15) is 24.0 Å². The number of methoxy groups -OCH3 is 1. The molecule has 0 N–H and O–H groups in total. The van der Waals surface area contributed by atoms with Gasteiger partial charge in [-0.1, -0.05) is 13.8 Å². The minimum Gasteiger partial charge on any atom is -0.464 e. The molecule has 0 radical (unpaired) electrons. The van der Waals surface area contributed by atoms with Gasteiger partial charge in [-0.25, -0.2) is 9.18 Å². The maximum absolute atomic E-state index is 15.8. The predicted molar refractivity (Wildman–Crippen MR) is 118 cm³/mol. The largest absolute Gasteiger partial charge is 0.464 e. The Morgan fingerprint density at radius 1 is 1.09 bits per heavy atom. The molecule has 1 saturated heterocycles. The number of terminal acetylenes is 1. The maximum Gasteiger partial charge on any atom is 0.382 e. The quantitative estimate of drug-likeness (QED) is 0.236. The molecular weight excluding hydrogens is 467 g/mol. The maximum atomic E-state index is 15.8. The third-order valence-corrected chi connectivity index (χ3v) is 5.72. The minimum atomic E-state index is -2.84. The summed E-state index contributed by atoms with van der Waals surface area (Å²) in [7, 11) is 0.954. The lowest BCUT2D eigenvalue weighted by molar-refractivity contribution is -0.325. The molecule has 7 atom stereocenters. The van der Waals surface area contributed by atoms with Crippen molar-refractivity contribution in [2.24, 2.45) is 11.8 Å². The van der Waals surface area contributed by atoms with Gasteiger partial charge in [0.05, 0.1) is 7.11 Å². The monoisotopic (exact) mass is 500 g/mol. The first kappa shape index (κ1) is 30.0. The van der Waals surface area contributed by atoms with Crippen LogP contribution in [0.4, 0.5) is 4.39 Å². The highest BCUT2D eigenvalue weighted by Gasteiger charge is 2.64. The van der Waals surface area contributed by atoms with Gasteiger partial charge in [0.1, 0.15) is 18.0 Å². The second-order valence-electron chi connectivity index (χ2n) is 8.34. The van der Waals surface area contributed by atoms with E-state index in [1.807, 2.05) is 0 Å². The zero-order chi connectivity index (χ0) is 26.9. The first-order valence-corrected chi connectivity index (χ1v) is 11.2. The van der Waals surface area contributed by atoms with E-state index in [4.69, 9.17) is 25.4 Å². The van der Waals surface area contributed by atoms with Crippen LogP contribution in [0, 0.1) is 24.2 Å². The normalized spacial score (nSPS) is 27.5. The molecule has 196 valence electrons. The van der Waals surface area contributed by atoms with Crippen molar-refractivity contribution in [1.29, 1.82) is 0 Å². The van der Waals surface area contributed by atoms with Crippen molar-refractivity contribution >= 4 is 29.7 Å². The van der Waals surface area contributed by atoms with Crippen LogP contribution in [0.2, 0.25) is 0 Å². The summed E-state index contributed by atoms with van der Waals surface area (Å²) < 4.78 is 42.1. The molecule has 0 amide bonds. The molecule has 1 aliphatic rings. The lowest BCUT2D eigenvalue weighted by Gasteiger charge is -2.49. The number of Topliss-reactive ketones (excluding diaryl/α,β-unsaturated/α-hetero) is 1. The lowest BCUT2D eigenvalue weighted by Crippen LogP contribution is -2.67. The van der Waals surface area contributed by atoms with E-state index in [0.717, 1.165) is 27.9 Å². The summed E-state index contributed by atoms with van der Waals surface area (Å²) in [6.45, 7) is 6.24. The van der Waals surface area contributed by atoms with E-state index in [2.05, 4.69) is 10.7 Å². The fraction of sp³-hybridized carbons (Fsp3) is 0.708. The molecule has 1 fully saturated rings. The molecule has 1 heterocycles. The second kappa shape index (κ2) is 13.2. The van der Waals surface area contributed by atoms with Crippen molar-refractivity contribution in [3.05, 3.63) is 0 Å². The topological polar surface area (TPSA) is 132 Å². The Morgan fingerprint density at radius 2 is 1.69 bits per heavy atom. The van der Waals surface area contributed by atoms with Crippen LogP contribution in [0.5, 0.6) is 0 Å². The van der Waals surface area contributed by atoms with Gasteiger partial charge in [0.15, 0.2) is 12.3 Å². The van der Waals surface area contributed by atoms with Crippen LogP contribution in [-0.4, -0.2) is 67.0 Å². The zero-order valence-electron chi connectivity index (χ0n) is 20.8. The number of alkyl halides is 1. The van der Waals surface area contributed by atoms with Crippen molar-refractivity contribution in [3.8, 4) is 12.3 Å². The molecule has 1 rings (SSSR count). The number of carbonyl (C=O) groups excluding carboxylic acids is 5. The van der Waals surface area contributed by atoms with Crippen molar-refractivity contribution in [2.45, 2.75) is 90.6 Å². The summed E-state index contributed by atoms with van der Waals surface area (Å²) in [6, 6.07) is 0. The SMILES string of the molecule is C#CCCC(=O)CC1C(C)C(F)C(OC(C)=O)(C(=O)OC)OC1[C@H](OC(C)=O)[C@@H](CC)OC(C)=O. The summed E-state index contributed by atoms with van der Waals surface area (Å²) in [6.07, 6.45) is -0.818. The van der Waals surface area contributed by atoms with Gasteiger partial charge in [0, 0.05) is 51.9 Å². The Kier molecular flexibility index (Phi) is 11.3. The van der Waals surface area contributed by atoms with Crippen molar-refractivity contribution in [2.75, 3.05) is 7.11 Å². The number of ketones is 1. The number of halogens is 1. The van der Waals surface area contributed by atoms with Gasteiger partial charge >= 0.3 is 29.7 Å². The van der Waals surface area contributed by atoms with Crippen LogP contribution >= 0.6 is 0 Å². The molecule has 0 aromatic heterocycles. The summed E-state index contributed by atoms with van der Waals surface area (Å²) in [5.74, 6) is -6.76. The van der Waals surface area contributed by atoms with Gasteiger partial charge in [-0.2, -0.15) is 0 Å². The van der Waals surface area contributed by atoms with E-state index in [1.54, 1.807) is 6.92 Å². The molecule has 1 aliphatic heterocycles. The highest BCUT2D eigenvalue weighted by Crippen LogP contribution is 2.45. The van der Waals surface area contributed by atoms with E-state index >= 15 is 4.39 Å². The highest BCUT2D eigenvalue weighted by atomic mass is 19.1. The summed E-state index contributed by atoms with van der Waals surface area (Å²) in [4.78, 5) is 60.9. The Bertz CT molecular complexity index is 850. The Labute approximate surface area is 204 Å². The average molecular weight is 501 g/mol. The Balaban J connectivity index is 3.69. The highest BCUT2D eigenvalue weighted by molar-refractivity contribution is 5.83. The third-order valence-electron chi connectivity index (χ3n) is 5.72. The van der Waals surface area contributed by atoms with Crippen LogP contribution in [-0.2, 0) is 47.7 Å². The van der Waals surface area contributed by atoms with Gasteiger partial charge in [0.25, 0.3) is 0 Å². The number of ether oxygens (including phenoxy) is 5. The molecule has 0 spiro atoms. The molecule has 0 aromatic carbocycles. The number of rotatable bonds is 11. The van der Waals surface area contributed by atoms with Gasteiger partial charge in [-0.3, -0.25) is 19.2 Å². The number of hydrogen-bond donors (Lipinski definition) is 0. The molecule has 0 aliphatic carbocycles. The minimum absolute atomic E-state index is 0.00880. The molecule has 5 unspecified atom stereocenters. The third kappa shape index (κ3) is 7.49. The molecule has 0 saturated carbocycles. The molecule has 35 heavy (non-hydrogen) atoms. The van der Waals surface area contributed by atoms with Gasteiger partial charge in [-0.05, 0) is 6.42 Å². The molecule has 0 bridgehead atoms. The molecule has 0 aromatic rings. The number of hydrogen-bond acceptors (Lipinski definition) is 10. The lowest BCUT2D eigenvalue weighted by atomic mass is 9.74. The second-order valence-corrected chi connectivity index (χ2v) is 8.34. The van der Waals surface area contributed by atoms with Crippen molar-refractivity contribution in [3.63, 3.8) is 0 Å². The average Bonchev–Trinajstić information content (AvgIpc) is 2.78. The predicted octanol–water partition coefficient (Wildman–Crippen LogP) is 2.05. The first-order chi connectivity index (χ1) is 16.3. The van der Waals surface area contributed by atoms with Crippen LogP contribution < -0.4 is 0 Å². The van der Waals surface area contributed by atoms with Gasteiger partial charge in [-0.15, -0.1) is 12.3 Å². The Hall–Kier alpha value is -3.00. The summed E-state index contributed by atoms with van der Waals surface area (Å²) in [5, 5.41) is 0. The Morgan fingerprint density at radius 3 is 2.14 bits per heavy atom. The van der Waals surface area contributed by atoms with Gasteiger partial charge in [0.2, 0.25) is 0 Å². The van der Waals surface area contributed by atoms with Gasteiger partial charge < -0.3 is 23.7 Å². The van der Waals surface area contributed by atoms with Crippen LogP contribution in [0.25, 0.3) is 0 Å². The number of esters is 4. The van der Waals surface area contributed by atoms with E-state index in [1.165, 1.54) is 6.92 Å². The van der Waals surface area contributed by atoms with Crippen LogP contribution in [0.3, 0.4) is 0 Å². The summed E-state index contributed by atoms with van der Waals surface area (Å²) >= 11 is 0. The molecule has 10 nitrogen and oxygen atoms in total. The smallest absolute Gasteiger partial charge is 0.382 e. The fourth-order valence-electron chi connectivity index (χ4n) is 4.19. The first-order valence-electron chi connectivity index (χ1n) is 11.2. The zero-order valence-corrected chi connectivity index (χ0v) is 20.8. The number of carbonyl (C=O) groups is 5. The van der Waals surface area contributed by atoms with Crippen LogP contribution in [0.1, 0.15) is 60.3 Å². The standard InChI is InChI=1S/C24H33FO10/c1-8-10-11-17(29)12-18-13(3)22(25)24(23(30)31-7,34-16(6)28)35-20(18)21(33-15(5)27)19(9-2)32-14(4)26/h1,13,18-22H,9-12H2,2-7H3/t13?,18?,19-,20?,21-,22?,24?/m1/s1. The molecule has 11 heteroatoms. The molecular formula is C24H33FO10. The van der Waals surface area contributed by atoms with Crippen molar-refractivity contribution < 1.29 is 52.0 Å². The van der Waals surface area contributed by atoms with E-state index < -0.39 is 66.0 Å². The van der Waals surface area contributed by atoms with E-state index in [-0.39, 0.29) is 31.5 Å². The summed E-state index contributed by atoms with van der Waals surface area (Å²) in [5.41, 5.74) is 0. The van der Waals surface area contributed by atoms with Crippen LogP contribution in [0.15, 0.2) is 0 Å².